The molecular weight excluding hydrogens is 428 g/mol. The van der Waals surface area contributed by atoms with Crippen LogP contribution < -0.4 is 10.1 Å². The molecule has 4 heteroatoms. The van der Waals surface area contributed by atoms with Crippen LogP contribution in [0, 0.1) is 5.92 Å². The molecule has 3 aromatic carbocycles. The van der Waals surface area contributed by atoms with Crippen molar-refractivity contribution < 1.29 is 4.74 Å². The highest BCUT2D eigenvalue weighted by Gasteiger charge is 2.42. The van der Waals surface area contributed by atoms with Crippen LogP contribution in [0.1, 0.15) is 41.9 Å². The summed E-state index contributed by atoms with van der Waals surface area (Å²) in [6.07, 6.45) is 3.80. The molecule has 3 aromatic rings. The molecule has 3 fully saturated rings. The van der Waals surface area contributed by atoms with E-state index in [2.05, 4.69) is 70.9 Å². The van der Waals surface area contributed by atoms with Crippen LogP contribution in [-0.2, 0) is 6.54 Å². The third-order valence-corrected chi connectivity index (χ3v) is 7.76. The Kier molecular flexibility index (Phi) is 7.01. The Balaban J connectivity index is 1.51. The molecule has 2 bridgehead atoms. The van der Waals surface area contributed by atoms with Crippen molar-refractivity contribution in [2.24, 2.45) is 5.92 Å². The minimum absolute atomic E-state index is 0.322. The first-order chi connectivity index (χ1) is 16.2. The summed E-state index contributed by atoms with van der Waals surface area (Å²) in [5.74, 6) is 2.00. The summed E-state index contributed by atoms with van der Waals surface area (Å²) in [5.41, 5.74) is 3.91. The van der Waals surface area contributed by atoms with Crippen molar-refractivity contribution in [3.63, 3.8) is 0 Å². The van der Waals surface area contributed by atoms with Gasteiger partial charge in [-0.1, -0.05) is 72.3 Å². The summed E-state index contributed by atoms with van der Waals surface area (Å²) in [6.45, 7) is 3.12. The van der Waals surface area contributed by atoms with Gasteiger partial charge < -0.3 is 10.1 Å². The largest absolute Gasteiger partial charge is 0.496 e. The number of nitrogens with zero attached hydrogens (tertiary/aromatic N) is 1. The highest BCUT2D eigenvalue weighted by atomic mass is 35.5. The van der Waals surface area contributed by atoms with E-state index in [1.165, 1.54) is 43.5 Å². The molecule has 2 unspecified atom stereocenters. The van der Waals surface area contributed by atoms with E-state index in [1.54, 1.807) is 7.11 Å². The maximum absolute atomic E-state index is 6.33. The second kappa shape index (κ2) is 10.3. The normalized spacial score (nSPS) is 24.6. The lowest BCUT2D eigenvalue weighted by molar-refractivity contribution is 0.142. The van der Waals surface area contributed by atoms with Gasteiger partial charge in [-0.15, -0.1) is 0 Å². The SMILES string of the molecule is COc1ccc(Cl)cc1CNC1CC2CCN(CC2)C1C(c1ccccc1)c1ccccc1. The fourth-order valence-corrected chi connectivity index (χ4v) is 6.12. The van der Waals surface area contributed by atoms with E-state index in [9.17, 15) is 0 Å². The molecule has 6 rings (SSSR count). The van der Waals surface area contributed by atoms with E-state index in [4.69, 9.17) is 16.3 Å². The molecule has 0 saturated carbocycles. The number of fused-ring (bicyclic) bond motifs is 4. The van der Waals surface area contributed by atoms with Crippen molar-refractivity contribution in [1.82, 2.24) is 10.2 Å². The van der Waals surface area contributed by atoms with Gasteiger partial charge in [0.15, 0.2) is 0 Å². The maximum Gasteiger partial charge on any atom is 0.123 e. The summed E-state index contributed by atoms with van der Waals surface area (Å²) < 4.78 is 5.62. The molecule has 0 radical (unpaired) electrons. The quantitative estimate of drug-likeness (QED) is 0.459. The van der Waals surface area contributed by atoms with Crippen molar-refractivity contribution in [2.75, 3.05) is 20.2 Å². The molecule has 3 saturated heterocycles. The lowest BCUT2D eigenvalue weighted by Crippen LogP contribution is -2.51. The maximum atomic E-state index is 6.33. The van der Waals surface area contributed by atoms with E-state index in [1.807, 2.05) is 18.2 Å². The summed E-state index contributed by atoms with van der Waals surface area (Å²) in [4.78, 5) is 2.75. The number of hydrogen-bond acceptors (Lipinski definition) is 3. The summed E-state index contributed by atoms with van der Waals surface area (Å²) in [7, 11) is 1.73. The first-order valence-electron chi connectivity index (χ1n) is 12.1. The Morgan fingerprint density at radius 2 is 1.58 bits per heavy atom. The van der Waals surface area contributed by atoms with Crippen molar-refractivity contribution in [1.29, 1.82) is 0 Å². The van der Waals surface area contributed by atoms with Crippen molar-refractivity contribution in [3.8, 4) is 5.75 Å². The molecule has 0 aliphatic carbocycles. The zero-order valence-corrected chi connectivity index (χ0v) is 20.0. The molecule has 3 aliphatic heterocycles. The third kappa shape index (κ3) is 4.96. The van der Waals surface area contributed by atoms with Gasteiger partial charge in [0.1, 0.15) is 5.75 Å². The van der Waals surface area contributed by atoms with Gasteiger partial charge in [0.05, 0.1) is 7.11 Å². The minimum atomic E-state index is 0.322. The topological polar surface area (TPSA) is 24.5 Å². The molecular formula is C29H33ClN2O. The summed E-state index contributed by atoms with van der Waals surface area (Å²) >= 11 is 6.33. The van der Waals surface area contributed by atoms with Crippen molar-refractivity contribution in [2.45, 2.75) is 43.8 Å². The molecule has 0 amide bonds. The second-order valence-electron chi connectivity index (χ2n) is 9.45. The lowest BCUT2D eigenvalue weighted by atomic mass is 9.80. The number of piperidine rings is 1. The molecule has 0 aromatic heterocycles. The number of ether oxygens (including phenoxy) is 1. The molecule has 3 nitrogen and oxygen atoms in total. The second-order valence-corrected chi connectivity index (χ2v) is 9.88. The van der Waals surface area contributed by atoms with Crippen LogP contribution in [-0.4, -0.2) is 37.2 Å². The van der Waals surface area contributed by atoms with Gasteiger partial charge in [-0.05, 0) is 67.6 Å². The molecule has 0 spiro atoms. The Morgan fingerprint density at radius 1 is 0.939 bits per heavy atom. The molecule has 2 atom stereocenters. The van der Waals surface area contributed by atoms with Gasteiger partial charge in [0.2, 0.25) is 0 Å². The van der Waals surface area contributed by atoms with Crippen molar-refractivity contribution >= 4 is 11.6 Å². The predicted molar refractivity (Wildman–Crippen MR) is 136 cm³/mol. The average molecular weight is 461 g/mol. The third-order valence-electron chi connectivity index (χ3n) is 7.53. The Bertz CT molecular complexity index is 995. The Labute approximate surface area is 202 Å². The first-order valence-corrected chi connectivity index (χ1v) is 12.5. The Hall–Kier alpha value is -2.33. The van der Waals surface area contributed by atoms with Crippen LogP contribution in [0.5, 0.6) is 5.75 Å². The molecule has 33 heavy (non-hydrogen) atoms. The van der Waals surface area contributed by atoms with E-state index in [-0.39, 0.29) is 0 Å². The number of halogens is 1. The lowest BCUT2D eigenvalue weighted by Gasteiger charge is -2.41. The number of benzene rings is 3. The van der Waals surface area contributed by atoms with Gasteiger partial charge in [0.25, 0.3) is 0 Å². The minimum Gasteiger partial charge on any atom is -0.496 e. The zero-order chi connectivity index (χ0) is 22.6. The zero-order valence-electron chi connectivity index (χ0n) is 19.3. The van der Waals surface area contributed by atoms with Crippen molar-refractivity contribution in [3.05, 3.63) is 101 Å². The molecule has 1 N–H and O–H groups in total. The fraction of sp³-hybridized carbons (Fsp3) is 0.379. The fourth-order valence-electron chi connectivity index (χ4n) is 5.92. The van der Waals surface area contributed by atoms with Crippen LogP contribution >= 0.6 is 11.6 Å². The van der Waals surface area contributed by atoms with Crippen LogP contribution in [0.25, 0.3) is 0 Å². The van der Waals surface area contributed by atoms with E-state index in [0.717, 1.165) is 28.8 Å². The highest BCUT2D eigenvalue weighted by molar-refractivity contribution is 6.30. The van der Waals surface area contributed by atoms with Gasteiger partial charge in [0, 0.05) is 35.1 Å². The first kappa shape index (κ1) is 22.5. The smallest absolute Gasteiger partial charge is 0.123 e. The molecule has 3 aliphatic rings. The predicted octanol–water partition coefficient (Wildman–Crippen LogP) is 6.12. The van der Waals surface area contributed by atoms with Gasteiger partial charge in [-0.3, -0.25) is 4.90 Å². The average Bonchev–Trinajstić information content (AvgIpc) is 3.14. The summed E-state index contributed by atoms with van der Waals surface area (Å²) in [6, 6.07) is 28.8. The number of nitrogens with one attached hydrogen (secondary N) is 1. The monoisotopic (exact) mass is 460 g/mol. The van der Waals surface area contributed by atoms with E-state index < -0.39 is 0 Å². The van der Waals surface area contributed by atoms with Crippen LogP contribution in [0.4, 0.5) is 0 Å². The van der Waals surface area contributed by atoms with Crippen LogP contribution in [0.3, 0.4) is 0 Å². The van der Waals surface area contributed by atoms with Crippen LogP contribution in [0.2, 0.25) is 5.02 Å². The van der Waals surface area contributed by atoms with E-state index >= 15 is 0 Å². The number of methoxy groups -OCH3 is 1. The summed E-state index contributed by atoms with van der Waals surface area (Å²) in [5, 5.41) is 4.72. The van der Waals surface area contributed by atoms with Gasteiger partial charge in [-0.2, -0.15) is 0 Å². The van der Waals surface area contributed by atoms with Crippen LogP contribution in [0.15, 0.2) is 78.9 Å². The molecule has 3 heterocycles. The number of rotatable bonds is 7. The standard InChI is InChI=1S/C29H33ClN2O/c1-33-27-13-12-25(30)19-24(27)20-31-26-18-21-14-16-32(17-15-21)29(26)28(22-8-4-2-5-9-22)23-10-6-3-7-11-23/h2-13,19,21,26,28-29,31H,14-18,20H2,1H3. The van der Waals surface area contributed by atoms with Gasteiger partial charge in [-0.25, -0.2) is 0 Å². The van der Waals surface area contributed by atoms with E-state index in [0.29, 0.717) is 18.0 Å². The molecule has 172 valence electrons. The van der Waals surface area contributed by atoms with Gasteiger partial charge >= 0.3 is 0 Å². The Morgan fingerprint density at radius 3 is 2.18 bits per heavy atom. The number of hydrogen-bond donors (Lipinski definition) is 1. The highest BCUT2D eigenvalue weighted by Crippen LogP contribution is 2.40.